The molecule has 1 aliphatic heterocycles. The monoisotopic (exact) mass is 434 g/mol. The van der Waals surface area contributed by atoms with Gasteiger partial charge in [-0.3, -0.25) is 19.3 Å². The predicted octanol–water partition coefficient (Wildman–Crippen LogP) is 4.73. The van der Waals surface area contributed by atoms with Crippen LogP contribution in [-0.4, -0.2) is 37.9 Å². The van der Waals surface area contributed by atoms with Crippen molar-refractivity contribution < 1.29 is 9.59 Å². The summed E-state index contributed by atoms with van der Waals surface area (Å²) in [5, 5.41) is 5.02. The van der Waals surface area contributed by atoms with E-state index in [0.29, 0.717) is 13.0 Å². The zero-order valence-electron chi connectivity index (χ0n) is 19.3. The van der Waals surface area contributed by atoms with E-state index in [2.05, 4.69) is 23.7 Å². The van der Waals surface area contributed by atoms with Gasteiger partial charge in [-0.25, -0.2) is 0 Å². The highest BCUT2D eigenvalue weighted by Gasteiger charge is 2.42. The van der Waals surface area contributed by atoms with Gasteiger partial charge in [-0.1, -0.05) is 39.2 Å². The smallest absolute Gasteiger partial charge is 0.226 e. The zero-order chi connectivity index (χ0) is 22.3. The van der Waals surface area contributed by atoms with Crippen LogP contribution in [0.25, 0.3) is 0 Å². The number of hydrogen-bond acceptors (Lipinski definition) is 4. The van der Waals surface area contributed by atoms with E-state index in [1.165, 1.54) is 6.42 Å². The molecule has 2 fully saturated rings. The fraction of sp³-hybridized carbons (Fsp3) is 0.615. The molecule has 5 rings (SSSR count). The van der Waals surface area contributed by atoms with Crippen molar-refractivity contribution in [3.05, 3.63) is 47.0 Å². The van der Waals surface area contributed by atoms with Gasteiger partial charge in [-0.15, -0.1) is 0 Å². The van der Waals surface area contributed by atoms with Crippen LogP contribution in [-0.2, 0) is 17.8 Å². The molecular weight excluding hydrogens is 400 g/mol. The zero-order valence-corrected chi connectivity index (χ0v) is 19.3. The van der Waals surface area contributed by atoms with Crippen LogP contribution in [0.1, 0.15) is 98.7 Å². The van der Waals surface area contributed by atoms with Crippen LogP contribution in [0.3, 0.4) is 0 Å². The Kier molecular flexibility index (Phi) is 5.64. The van der Waals surface area contributed by atoms with Gasteiger partial charge in [0.05, 0.1) is 35.2 Å². The first-order chi connectivity index (χ1) is 15.4. The second kappa shape index (κ2) is 8.45. The molecule has 0 N–H and O–H groups in total. The minimum Gasteiger partial charge on any atom is -0.334 e. The van der Waals surface area contributed by atoms with Gasteiger partial charge in [0.1, 0.15) is 0 Å². The molecule has 1 saturated heterocycles. The Morgan fingerprint density at radius 2 is 1.91 bits per heavy atom. The van der Waals surface area contributed by atoms with E-state index in [0.717, 1.165) is 74.1 Å². The number of carbonyl (C=O) groups excluding carboxylic acids is 2. The van der Waals surface area contributed by atoms with Gasteiger partial charge in [0.2, 0.25) is 5.91 Å². The molecular formula is C26H34N4O2. The molecule has 1 atom stereocenters. The van der Waals surface area contributed by atoms with E-state index in [-0.39, 0.29) is 29.1 Å². The lowest BCUT2D eigenvalue weighted by Gasteiger charge is -2.32. The maximum Gasteiger partial charge on any atom is 0.226 e. The van der Waals surface area contributed by atoms with Gasteiger partial charge in [0.25, 0.3) is 0 Å². The minimum atomic E-state index is -0.0868. The Bertz CT molecular complexity index is 1000. The number of Topliss-reactive ketones (excluding diaryl/α,β-unsaturated/α-hetero) is 1. The first kappa shape index (κ1) is 21.4. The van der Waals surface area contributed by atoms with E-state index < -0.39 is 0 Å². The molecule has 3 aliphatic rings. The van der Waals surface area contributed by atoms with Crippen LogP contribution in [0.2, 0.25) is 0 Å². The Balaban J connectivity index is 1.52. The number of ketones is 1. The molecule has 0 radical (unpaired) electrons. The van der Waals surface area contributed by atoms with Crippen molar-refractivity contribution >= 4 is 11.7 Å². The molecule has 1 amide bonds. The molecule has 3 heterocycles. The summed E-state index contributed by atoms with van der Waals surface area (Å²) >= 11 is 0. The Hall–Kier alpha value is -2.50. The lowest BCUT2D eigenvalue weighted by atomic mass is 9.75. The highest BCUT2D eigenvalue weighted by Crippen LogP contribution is 2.42. The Morgan fingerprint density at radius 1 is 1.09 bits per heavy atom. The first-order valence-electron chi connectivity index (χ1n) is 12.3. The molecule has 170 valence electrons. The maximum absolute atomic E-state index is 13.4. The average Bonchev–Trinajstić information content (AvgIpc) is 3.39. The first-order valence-corrected chi connectivity index (χ1v) is 12.3. The fourth-order valence-electron chi connectivity index (χ4n) is 5.95. The highest BCUT2D eigenvalue weighted by atomic mass is 16.2. The summed E-state index contributed by atoms with van der Waals surface area (Å²) in [6.45, 7) is 5.64. The highest BCUT2D eigenvalue weighted by molar-refractivity contribution is 6.00. The van der Waals surface area contributed by atoms with Crippen LogP contribution in [0.4, 0.5) is 0 Å². The molecule has 0 unspecified atom stereocenters. The Morgan fingerprint density at radius 3 is 2.66 bits per heavy atom. The third kappa shape index (κ3) is 4.00. The summed E-state index contributed by atoms with van der Waals surface area (Å²) in [7, 11) is 0. The van der Waals surface area contributed by atoms with Crippen LogP contribution >= 0.6 is 0 Å². The molecule has 6 nitrogen and oxygen atoms in total. The van der Waals surface area contributed by atoms with Crippen LogP contribution in [0.5, 0.6) is 0 Å². The van der Waals surface area contributed by atoms with Crippen molar-refractivity contribution in [2.24, 2.45) is 11.3 Å². The van der Waals surface area contributed by atoms with Crippen molar-refractivity contribution in [3.63, 3.8) is 0 Å². The summed E-state index contributed by atoms with van der Waals surface area (Å²) in [6.07, 6.45) is 10.6. The Labute approximate surface area is 190 Å². The molecule has 2 aromatic rings. The van der Waals surface area contributed by atoms with E-state index in [1.807, 2.05) is 22.9 Å². The van der Waals surface area contributed by atoms with Crippen molar-refractivity contribution in [2.45, 2.75) is 84.2 Å². The minimum absolute atomic E-state index is 0.0756. The van der Waals surface area contributed by atoms with Gasteiger partial charge in [0, 0.05) is 25.1 Å². The number of fused-ring (bicyclic) bond motifs is 1. The molecule has 0 spiro atoms. The molecule has 0 aromatic carbocycles. The van der Waals surface area contributed by atoms with Crippen LogP contribution in [0, 0.1) is 11.3 Å². The van der Waals surface area contributed by atoms with Crippen molar-refractivity contribution in [2.75, 3.05) is 6.54 Å². The molecule has 6 heteroatoms. The second-order valence-electron chi connectivity index (χ2n) is 10.7. The van der Waals surface area contributed by atoms with E-state index >= 15 is 0 Å². The van der Waals surface area contributed by atoms with Crippen molar-refractivity contribution in [1.29, 1.82) is 0 Å². The molecule has 2 aliphatic carbocycles. The molecule has 0 bridgehead atoms. The summed E-state index contributed by atoms with van der Waals surface area (Å²) < 4.78 is 1.99. The third-order valence-electron chi connectivity index (χ3n) is 7.49. The van der Waals surface area contributed by atoms with Gasteiger partial charge < -0.3 is 4.90 Å². The molecule has 32 heavy (non-hydrogen) atoms. The number of aromatic nitrogens is 3. The lowest BCUT2D eigenvalue weighted by molar-refractivity contribution is -0.137. The number of nitrogens with zero attached hydrogens (tertiary/aromatic N) is 4. The standard InChI is InChI=1S/C26H34N4O2/c1-26(2)15-21-23(22(31)16-26)24(28-30(21)17-19-11-6-7-13-27-19)20-12-8-14-29(20)25(32)18-9-4-3-5-10-18/h6-7,11,13,18,20H,3-5,8-10,12,14-17H2,1-2H3/t20-/m0/s1. The van der Waals surface area contributed by atoms with Crippen molar-refractivity contribution in [1.82, 2.24) is 19.7 Å². The second-order valence-corrected chi connectivity index (χ2v) is 10.7. The van der Waals surface area contributed by atoms with Crippen LogP contribution in [0.15, 0.2) is 24.4 Å². The van der Waals surface area contributed by atoms with Crippen molar-refractivity contribution in [3.8, 4) is 0 Å². The predicted molar refractivity (Wildman–Crippen MR) is 122 cm³/mol. The SMILES string of the molecule is CC1(C)CC(=O)c2c([C@@H]3CCCN3C(=O)C3CCCCC3)nn(Cc3ccccn3)c2C1. The quantitative estimate of drug-likeness (QED) is 0.698. The van der Waals surface area contributed by atoms with Gasteiger partial charge in [-0.2, -0.15) is 5.10 Å². The molecule has 1 saturated carbocycles. The van der Waals surface area contributed by atoms with E-state index in [4.69, 9.17) is 5.10 Å². The maximum atomic E-state index is 13.4. The van der Waals surface area contributed by atoms with Gasteiger partial charge in [0.15, 0.2) is 5.78 Å². The normalized spacial score (nSPS) is 23.4. The summed E-state index contributed by atoms with van der Waals surface area (Å²) in [4.78, 5) is 33.3. The van der Waals surface area contributed by atoms with Crippen LogP contribution < -0.4 is 0 Å². The number of carbonyl (C=O) groups is 2. The largest absolute Gasteiger partial charge is 0.334 e. The number of amides is 1. The van der Waals surface area contributed by atoms with E-state index in [9.17, 15) is 9.59 Å². The summed E-state index contributed by atoms with van der Waals surface area (Å²) in [6, 6.07) is 5.81. The third-order valence-corrected chi connectivity index (χ3v) is 7.49. The summed E-state index contributed by atoms with van der Waals surface area (Å²) in [5.41, 5.74) is 3.48. The molecule has 2 aromatic heterocycles. The van der Waals surface area contributed by atoms with Gasteiger partial charge >= 0.3 is 0 Å². The number of likely N-dealkylation sites (tertiary alicyclic amines) is 1. The number of pyridine rings is 1. The average molecular weight is 435 g/mol. The topological polar surface area (TPSA) is 68.1 Å². The van der Waals surface area contributed by atoms with E-state index in [1.54, 1.807) is 6.20 Å². The number of hydrogen-bond donors (Lipinski definition) is 0. The lowest BCUT2D eigenvalue weighted by Crippen LogP contribution is -2.37. The van der Waals surface area contributed by atoms with Gasteiger partial charge in [-0.05, 0) is 49.7 Å². The number of rotatable bonds is 4. The summed E-state index contributed by atoms with van der Waals surface area (Å²) in [5.74, 6) is 0.602. The fourth-order valence-corrected chi connectivity index (χ4v) is 5.95.